The summed E-state index contributed by atoms with van der Waals surface area (Å²) in [4.78, 5) is 41.6. The van der Waals surface area contributed by atoms with Crippen molar-refractivity contribution in [3.63, 3.8) is 0 Å². The Bertz CT molecular complexity index is 1150. The first-order valence-corrected chi connectivity index (χ1v) is 11.2. The Hall–Kier alpha value is -2.83. The van der Waals surface area contributed by atoms with Crippen LogP contribution in [0, 0.1) is 12.8 Å². The van der Waals surface area contributed by atoms with Gasteiger partial charge in [0.25, 0.3) is 17.7 Å². The van der Waals surface area contributed by atoms with Gasteiger partial charge in [-0.25, -0.2) is 4.90 Å². The molecular formula is C24H23Cl2N3O3. The van der Waals surface area contributed by atoms with Gasteiger partial charge in [-0.05, 0) is 61.6 Å². The molecule has 0 saturated carbocycles. The van der Waals surface area contributed by atoms with Crippen molar-refractivity contribution in [2.45, 2.75) is 26.7 Å². The van der Waals surface area contributed by atoms with Crippen LogP contribution in [-0.2, 0) is 9.59 Å². The summed E-state index contributed by atoms with van der Waals surface area (Å²) in [5.74, 6) is -0.780. The average molecular weight is 472 g/mol. The van der Waals surface area contributed by atoms with Crippen molar-refractivity contribution >= 4 is 52.3 Å². The Morgan fingerprint density at radius 2 is 1.84 bits per heavy atom. The molecule has 0 bridgehead atoms. The monoisotopic (exact) mass is 471 g/mol. The van der Waals surface area contributed by atoms with Gasteiger partial charge in [0.05, 0.1) is 5.69 Å². The summed E-state index contributed by atoms with van der Waals surface area (Å²) in [6.07, 6.45) is 2.11. The van der Waals surface area contributed by atoms with E-state index in [-0.39, 0.29) is 16.6 Å². The maximum absolute atomic E-state index is 13.1. The Morgan fingerprint density at radius 3 is 2.59 bits per heavy atom. The van der Waals surface area contributed by atoms with Gasteiger partial charge in [0.1, 0.15) is 10.7 Å². The molecular weight excluding hydrogens is 449 g/mol. The molecule has 0 aliphatic carbocycles. The highest BCUT2D eigenvalue weighted by Gasteiger charge is 2.39. The van der Waals surface area contributed by atoms with Crippen molar-refractivity contribution < 1.29 is 14.4 Å². The molecule has 6 nitrogen and oxygen atoms in total. The van der Waals surface area contributed by atoms with Gasteiger partial charge in [0, 0.05) is 29.4 Å². The second-order valence-corrected chi connectivity index (χ2v) is 9.01. The number of imide groups is 1. The van der Waals surface area contributed by atoms with E-state index in [0.717, 1.165) is 30.8 Å². The van der Waals surface area contributed by atoms with E-state index in [1.165, 1.54) is 0 Å². The summed E-state index contributed by atoms with van der Waals surface area (Å²) in [5, 5.41) is 3.17. The summed E-state index contributed by atoms with van der Waals surface area (Å²) in [6.45, 7) is 5.34. The van der Waals surface area contributed by atoms with Crippen molar-refractivity contribution in [1.29, 1.82) is 0 Å². The third kappa shape index (κ3) is 4.12. The number of amides is 3. The first-order valence-electron chi connectivity index (χ1n) is 10.5. The lowest BCUT2D eigenvalue weighted by molar-refractivity contribution is -0.120. The molecule has 2 aromatic carbocycles. The molecule has 2 heterocycles. The molecule has 1 unspecified atom stereocenters. The van der Waals surface area contributed by atoms with Gasteiger partial charge in [-0.3, -0.25) is 14.4 Å². The topological polar surface area (TPSA) is 69.7 Å². The molecule has 32 heavy (non-hydrogen) atoms. The molecule has 166 valence electrons. The van der Waals surface area contributed by atoms with E-state index < -0.39 is 11.8 Å². The molecule has 2 aliphatic heterocycles. The van der Waals surface area contributed by atoms with Crippen LogP contribution in [0.1, 0.15) is 35.7 Å². The van der Waals surface area contributed by atoms with Crippen molar-refractivity contribution in [3.8, 4) is 0 Å². The molecule has 0 aromatic heterocycles. The van der Waals surface area contributed by atoms with E-state index in [9.17, 15) is 14.4 Å². The molecule has 1 atom stereocenters. The van der Waals surface area contributed by atoms with Gasteiger partial charge in [-0.2, -0.15) is 0 Å². The van der Waals surface area contributed by atoms with Crippen LogP contribution in [0.2, 0.25) is 5.02 Å². The Labute approximate surface area is 196 Å². The number of carbonyl (C=O) groups excluding carboxylic acids is 3. The lowest BCUT2D eigenvalue weighted by atomic mass is 9.99. The Morgan fingerprint density at radius 1 is 1.09 bits per heavy atom. The molecule has 2 aliphatic rings. The normalized spacial score (nSPS) is 19.1. The van der Waals surface area contributed by atoms with Gasteiger partial charge in [0.15, 0.2) is 0 Å². The van der Waals surface area contributed by atoms with Crippen LogP contribution in [0.5, 0.6) is 0 Å². The van der Waals surface area contributed by atoms with E-state index >= 15 is 0 Å². The van der Waals surface area contributed by atoms with Crippen molar-refractivity contribution in [3.05, 3.63) is 69.3 Å². The lowest BCUT2D eigenvalue weighted by Gasteiger charge is -2.31. The summed E-state index contributed by atoms with van der Waals surface area (Å²) in [5.41, 5.74) is 1.96. The summed E-state index contributed by atoms with van der Waals surface area (Å²) in [6, 6.07) is 11.9. The molecule has 8 heteroatoms. The predicted molar refractivity (Wildman–Crippen MR) is 126 cm³/mol. The van der Waals surface area contributed by atoms with E-state index in [1.807, 2.05) is 4.90 Å². The van der Waals surface area contributed by atoms with Gasteiger partial charge in [-0.15, -0.1) is 0 Å². The van der Waals surface area contributed by atoms with Crippen LogP contribution in [-0.4, -0.2) is 35.7 Å². The van der Waals surface area contributed by atoms with Crippen LogP contribution in [0.25, 0.3) is 0 Å². The lowest BCUT2D eigenvalue weighted by Crippen LogP contribution is -2.39. The standard InChI is InChI=1S/C24H23Cl2N3O3/c1-14-6-5-11-28(13-14)22(30)16-7-3-8-17(12-16)27-21-20(26)23(31)29(24(21)32)19-10-4-9-18(25)15(19)2/h3-4,7-10,12,14,27H,5-6,11,13H2,1-2H3. The largest absolute Gasteiger partial charge is 0.350 e. The highest BCUT2D eigenvalue weighted by atomic mass is 35.5. The molecule has 2 aromatic rings. The summed E-state index contributed by atoms with van der Waals surface area (Å²) in [7, 11) is 0. The maximum atomic E-state index is 13.1. The van der Waals surface area contributed by atoms with Crippen LogP contribution in [0.3, 0.4) is 0 Å². The fourth-order valence-electron chi connectivity index (χ4n) is 4.10. The van der Waals surface area contributed by atoms with Crippen LogP contribution >= 0.6 is 23.2 Å². The highest BCUT2D eigenvalue weighted by Crippen LogP contribution is 2.34. The molecule has 1 fully saturated rings. The van der Waals surface area contributed by atoms with E-state index in [2.05, 4.69) is 12.2 Å². The van der Waals surface area contributed by atoms with E-state index in [4.69, 9.17) is 23.2 Å². The number of likely N-dealkylation sites (tertiary alicyclic amines) is 1. The minimum Gasteiger partial charge on any atom is -0.350 e. The summed E-state index contributed by atoms with van der Waals surface area (Å²) < 4.78 is 0. The Kier molecular flexibility index (Phi) is 6.26. The van der Waals surface area contributed by atoms with E-state index in [1.54, 1.807) is 49.4 Å². The maximum Gasteiger partial charge on any atom is 0.283 e. The second kappa shape index (κ2) is 8.96. The molecule has 0 spiro atoms. The number of rotatable bonds is 4. The summed E-state index contributed by atoms with van der Waals surface area (Å²) >= 11 is 12.4. The number of nitrogens with one attached hydrogen (secondary N) is 1. The zero-order valence-corrected chi connectivity index (χ0v) is 19.3. The third-order valence-electron chi connectivity index (χ3n) is 5.83. The molecule has 1 N–H and O–H groups in total. The number of benzene rings is 2. The van der Waals surface area contributed by atoms with Crippen LogP contribution in [0.15, 0.2) is 53.2 Å². The zero-order chi connectivity index (χ0) is 23.0. The predicted octanol–water partition coefficient (Wildman–Crippen LogP) is 4.96. The minimum absolute atomic E-state index is 0.0350. The number of hydrogen-bond acceptors (Lipinski definition) is 4. The number of carbonyl (C=O) groups is 3. The zero-order valence-electron chi connectivity index (χ0n) is 17.8. The average Bonchev–Trinajstić information content (AvgIpc) is 2.99. The van der Waals surface area contributed by atoms with Gasteiger partial charge in [-0.1, -0.05) is 42.3 Å². The van der Waals surface area contributed by atoms with Gasteiger partial charge < -0.3 is 10.2 Å². The fourth-order valence-corrected chi connectivity index (χ4v) is 4.48. The SMILES string of the molecule is Cc1c(Cl)cccc1N1C(=O)C(Cl)=C(Nc2cccc(C(=O)N3CCCC(C)C3)c2)C1=O. The van der Waals surface area contributed by atoms with E-state index in [0.29, 0.717) is 33.4 Å². The highest BCUT2D eigenvalue weighted by molar-refractivity contribution is 6.53. The van der Waals surface area contributed by atoms with Crippen molar-refractivity contribution in [1.82, 2.24) is 4.90 Å². The minimum atomic E-state index is -0.626. The molecule has 4 rings (SSSR count). The number of nitrogens with zero attached hydrogens (tertiary/aromatic N) is 2. The number of hydrogen-bond donors (Lipinski definition) is 1. The van der Waals surface area contributed by atoms with Gasteiger partial charge >= 0.3 is 0 Å². The van der Waals surface area contributed by atoms with Crippen LogP contribution < -0.4 is 10.2 Å². The van der Waals surface area contributed by atoms with Crippen molar-refractivity contribution in [2.24, 2.45) is 5.92 Å². The third-order valence-corrected chi connectivity index (χ3v) is 6.59. The van der Waals surface area contributed by atoms with Crippen molar-refractivity contribution in [2.75, 3.05) is 23.3 Å². The number of anilines is 2. The van der Waals surface area contributed by atoms with Gasteiger partial charge in [0.2, 0.25) is 0 Å². The molecule has 0 radical (unpaired) electrons. The quantitative estimate of drug-likeness (QED) is 0.639. The first-order chi connectivity index (χ1) is 15.3. The smallest absolute Gasteiger partial charge is 0.283 e. The fraction of sp³-hybridized carbons (Fsp3) is 0.292. The Balaban J connectivity index is 1.57. The number of piperidine rings is 1. The number of halogens is 2. The molecule has 3 amide bonds. The molecule has 1 saturated heterocycles. The van der Waals surface area contributed by atoms with Crippen LogP contribution in [0.4, 0.5) is 11.4 Å². The first kappa shape index (κ1) is 22.4. The second-order valence-electron chi connectivity index (χ2n) is 8.22.